The van der Waals surface area contributed by atoms with E-state index in [0.717, 1.165) is 34.2 Å². The molecule has 1 aliphatic heterocycles. The third-order valence-corrected chi connectivity index (χ3v) is 7.70. The molecule has 0 bridgehead atoms. The Hall–Kier alpha value is -3.59. The number of rotatable bonds is 5. The first-order chi connectivity index (χ1) is 17.0. The average Bonchev–Trinajstić information content (AvgIpc) is 3.53. The van der Waals surface area contributed by atoms with E-state index in [2.05, 4.69) is 34.3 Å². The second-order valence-electron chi connectivity index (χ2n) is 9.05. The number of primary sulfonamides is 1. The summed E-state index contributed by atoms with van der Waals surface area (Å²) in [6.45, 7) is 3.37. The number of nitrogens with two attached hydrogens (primary N) is 1. The first kappa shape index (κ1) is 21.9. The minimum Gasteiger partial charge on any atom is -0.299 e. The maximum Gasteiger partial charge on any atom is 0.238 e. The molecule has 3 heterocycles. The fraction of sp³-hybridized carbons (Fsp3) is 0.185. The van der Waals surface area contributed by atoms with Crippen LogP contribution in [-0.2, 0) is 16.6 Å². The van der Waals surface area contributed by atoms with E-state index in [9.17, 15) is 8.42 Å². The lowest BCUT2D eigenvalue weighted by Gasteiger charge is -2.14. The minimum absolute atomic E-state index is 0.108. The van der Waals surface area contributed by atoms with Gasteiger partial charge in [-0.3, -0.25) is 4.90 Å². The van der Waals surface area contributed by atoms with Crippen LogP contribution in [0.2, 0.25) is 0 Å². The third-order valence-electron chi connectivity index (χ3n) is 6.73. The molecule has 0 amide bonds. The van der Waals surface area contributed by atoms with Crippen LogP contribution < -0.4 is 5.14 Å². The molecule has 0 unspecified atom stereocenters. The summed E-state index contributed by atoms with van der Waals surface area (Å²) in [5.74, 6) is 0. The second-order valence-corrected chi connectivity index (χ2v) is 10.6. The zero-order valence-corrected chi connectivity index (χ0v) is 19.9. The minimum atomic E-state index is -3.84. The highest BCUT2D eigenvalue weighted by Gasteiger charge is 2.18. The number of hydrogen-bond acceptors (Lipinski definition) is 5. The van der Waals surface area contributed by atoms with Crippen molar-refractivity contribution in [3.63, 3.8) is 0 Å². The summed E-state index contributed by atoms with van der Waals surface area (Å²) in [6.07, 6.45) is 8.19. The number of fused-ring (bicyclic) bond motifs is 2. The van der Waals surface area contributed by atoms with Crippen molar-refractivity contribution in [2.75, 3.05) is 13.1 Å². The van der Waals surface area contributed by atoms with Crippen LogP contribution in [-0.4, -0.2) is 41.0 Å². The molecule has 1 fully saturated rings. The van der Waals surface area contributed by atoms with Crippen LogP contribution in [0.25, 0.3) is 38.7 Å². The van der Waals surface area contributed by atoms with Crippen molar-refractivity contribution in [1.82, 2.24) is 19.5 Å². The molecule has 0 atom stereocenters. The predicted octanol–water partition coefficient (Wildman–Crippen LogP) is 4.46. The maximum absolute atomic E-state index is 12.1. The molecular weight excluding hydrogens is 458 g/mol. The summed E-state index contributed by atoms with van der Waals surface area (Å²) >= 11 is 0. The molecule has 1 saturated heterocycles. The molecular formula is C27H25N5O2S. The van der Waals surface area contributed by atoms with E-state index in [1.807, 2.05) is 24.5 Å². The molecule has 2 N–H and O–H groups in total. The molecule has 176 valence electrons. The first-order valence-corrected chi connectivity index (χ1v) is 13.2. The molecule has 2 aromatic heterocycles. The fourth-order valence-corrected chi connectivity index (χ4v) is 5.71. The molecule has 0 aliphatic carbocycles. The molecule has 0 radical (unpaired) electrons. The van der Waals surface area contributed by atoms with E-state index in [4.69, 9.17) is 10.1 Å². The topological polar surface area (TPSA) is 93.6 Å². The molecule has 8 heteroatoms. The highest BCUT2D eigenvalue weighted by Crippen LogP contribution is 2.34. The highest BCUT2D eigenvalue weighted by atomic mass is 32.2. The number of hydrogen-bond donors (Lipinski definition) is 1. The van der Waals surface area contributed by atoms with Crippen LogP contribution in [0.1, 0.15) is 18.4 Å². The summed E-state index contributed by atoms with van der Waals surface area (Å²) in [5.41, 5.74) is 5.77. The van der Waals surface area contributed by atoms with Gasteiger partial charge < -0.3 is 0 Å². The van der Waals surface area contributed by atoms with Gasteiger partial charge in [0.2, 0.25) is 10.0 Å². The molecule has 6 rings (SSSR count). The van der Waals surface area contributed by atoms with Gasteiger partial charge in [-0.15, -0.1) is 0 Å². The number of benzene rings is 3. The van der Waals surface area contributed by atoms with Crippen LogP contribution in [0.3, 0.4) is 0 Å². The van der Waals surface area contributed by atoms with Crippen LogP contribution in [0.4, 0.5) is 0 Å². The Morgan fingerprint density at radius 3 is 2.31 bits per heavy atom. The predicted molar refractivity (Wildman–Crippen MR) is 137 cm³/mol. The standard InChI is InChI=1S/C27H25N5O2S/c28-35(33,34)26-12-11-23(22-5-1-2-6-24(22)26)25-16-30-32-18-21(15-29-27(25)32)20-9-7-19(8-10-20)17-31-13-3-4-14-31/h1-2,5-12,15-16,18H,3-4,13-14,17H2,(H2,28,33,34). The van der Waals surface area contributed by atoms with Crippen molar-refractivity contribution in [3.8, 4) is 22.3 Å². The summed E-state index contributed by atoms with van der Waals surface area (Å²) < 4.78 is 25.9. The highest BCUT2D eigenvalue weighted by molar-refractivity contribution is 7.89. The average molecular weight is 484 g/mol. The Morgan fingerprint density at radius 1 is 0.829 bits per heavy atom. The van der Waals surface area contributed by atoms with Gasteiger partial charge in [-0.25, -0.2) is 23.1 Å². The molecule has 35 heavy (non-hydrogen) atoms. The quantitative estimate of drug-likeness (QED) is 0.398. The zero-order valence-electron chi connectivity index (χ0n) is 19.1. The lowest BCUT2D eigenvalue weighted by molar-refractivity contribution is 0.331. The summed E-state index contributed by atoms with van der Waals surface area (Å²) in [7, 11) is -3.84. The number of aromatic nitrogens is 3. The van der Waals surface area contributed by atoms with Crippen molar-refractivity contribution in [1.29, 1.82) is 0 Å². The number of nitrogens with zero attached hydrogens (tertiary/aromatic N) is 4. The van der Waals surface area contributed by atoms with Crippen LogP contribution in [0, 0.1) is 0 Å². The van der Waals surface area contributed by atoms with Gasteiger partial charge in [-0.05, 0) is 54.1 Å². The summed E-state index contributed by atoms with van der Waals surface area (Å²) in [4.78, 5) is 7.33. The van der Waals surface area contributed by atoms with Crippen LogP contribution in [0.5, 0.6) is 0 Å². The van der Waals surface area contributed by atoms with Crippen LogP contribution in [0.15, 0.2) is 84.1 Å². The molecule has 5 aromatic rings. The molecule has 3 aromatic carbocycles. The summed E-state index contributed by atoms with van der Waals surface area (Å²) in [6, 6.07) is 19.3. The Morgan fingerprint density at radius 2 is 1.57 bits per heavy atom. The van der Waals surface area contributed by atoms with Crippen molar-refractivity contribution < 1.29 is 8.42 Å². The van der Waals surface area contributed by atoms with Gasteiger partial charge in [0.1, 0.15) is 0 Å². The molecule has 1 aliphatic rings. The fourth-order valence-electron chi connectivity index (χ4n) is 4.97. The van der Waals surface area contributed by atoms with E-state index >= 15 is 0 Å². The van der Waals surface area contributed by atoms with Gasteiger partial charge in [0.25, 0.3) is 0 Å². The van der Waals surface area contributed by atoms with Crippen molar-refractivity contribution in [3.05, 3.63) is 84.8 Å². The Balaban J connectivity index is 1.36. The Kier molecular flexibility index (Phi) is 5.36. The van der Waals surface area contributed by atoms with Gasteiger partial charge in [-0.2, -0.15) is 5.10 Å². The van der Waals surface area contributed by atoms with Crippen molar-refractivity contribution in [2.24, 2.45) is 5.14 Å². The normalized spacial score (nSPS) is 14.8. The molecule has 0 spiro atoms. The monoisotopic (exact) mass is 483 g/mol. The van der Waals surface area contributed by atoms with Crippen molar-refractivity contribution >= 4 is 26.4 Å². The smallest absolute Gasteiger partial charge is 0.238 e. The number of likely N-dealkylation sites (tertiary alicyclic amines) is 1. The van der Waals surface area contributed by atoms with Gasteiger partial charge >= 0.3 is 0 Å². The van der Waals surface area contributed by atoms with Gasteiger partial charge in [0.05, 0.1) is 11.1 Å². The van der Waals surface area contributed by atoms with E-state index in [0.29, 0.717) is 11.0 Å². The van der Waals surface area contributed by atoms with Gasteiger partial charge in [0.15, 0.2) is 5.65 Å². The Bertz CT molecular complexity index is 1650. The second kappa shape index (κ2) is 8.57. The molecule has 0 saturated carbocycles. The lowest BCUT2D eigenvalue weighted by atomic mass is 10.00. The zero-order chi connectivity index (χ0) is 24.0. The largest absolute Gasteiger partial charge is 0.299 e. The van der Waals surface area contributed by atoms with E-state index < -0.39 is 10.0 Å². The SMILES string of the molecule is NS(=O)(=O)c1ccc(-c2cnn3cc(-c4ccc(CN5CCCC5)cc4)cnc23)c2ccccc12. The maximum atomic E-state index is 12.1. The lowest BCUT2D eigenvalue weighted by Crippen LogP contribution is -2.18. The van der Waals surface area contributed by atoms with E-state index in [1.54, 1.807) is 35.0 Å². The van der Waals surface area contributed by atoms with Gasteiger partial charge in [-0.1, -0.05) is 54.6 Å². The number of sulfonamides is 1. The van der Waals surface area contributed by atoms with Crippen LogP contribution >= 0.6 is 0 Å². The summed E-state index contributed by atoms with van der Waals surface area (Å²) in [5, 5.41) is 11.4. The van der Waals surface area contributed by atoms with Gasteiger partial charge in [0, 0.05) is 35.5 Å². The van der Waals surface area contributed by atoms with E-state index in [-0.39, 0.29) is 4.90 Å². The Labute approximate surface area is 203 Å². The first-order valence-electron chi connectivity index (χ1n) is 11.7. The van der Waals surface area contributed by atoms with E-state index in [1.165, 1.54) is 31.5 Å². The molecule has 7 nitrogen and oxygen atoms in total. The van der Waals surface area contributed by atoms with Crippen molar-refractivity contribution in [2.45, 2.75) is 24.3 Å². The third kappa shape index (κ3) is 4.10.